The van der Waals surface area contributed by atoms with E-state index < -0.39 is 0 Å². The van der Waals surface area contributed by atoms with E-state index in [-0.39, 0.29) is 17.2 Å². The molecule has 2 fully saturated rings. The average Bonchev–Trinajstić information content (AvgIpc) is 3.68. The van der Waals surface area contributed by atoms with Crippen molar-refractivity contribution in [2.45, 2.75) is 24.4 Å². The molecule has 2 amide bonds. The van der Waals surface area contributed by atoms with E-state index >= 15 is 0 Å². The van der Waals surface area contributed by atoms with Crippen LogP contribution < -0.4 is 0 Å². The predicted molar refractivity (Wildman–Crippen MR) is 151 cm³/mol. The molecule has 8 nitrogen and oxygen atoms in total. The molecule has 0 aliphatic carbocycles. The number of amides is 2. The zero-order valence-corrected chi connectivity index (χ0v) is 22.5. The van der Waals surface area contributed by atoms with E-state index in [1.54, 1.807) is 12.4 Å². The Bertz CT molecular complexity index is 1450. The summed E-state index contributed by atoms with van der Waals surface area (Å²) in [5, 5.41) is 0.576. The molecule has 1 aromatic carbocycles. The molecule has 1 spiro atoms. The minimum absolute atomic E-state index is 0.0735. The first-order valence-corrected chi connectivity index (χ1v) is 14.3. The van der Waals surface area contributed by atoms with E-state index in [1.165, 1.54) is 11.8 Å². The van der Waals surface area contributed by atoms with E-state index in [0.29, 0.717) is 24.0 Å². The number of hydrogen-bond donors (Lipinski definition) is 0. The van der Waals surface area contributed by atoms with Crippen LogP contribution in [-0.2, 0) is 4.79 Å². The predicted octanol–water partition coefficient (Wildman–Crippen LogP) is 4.58. The molecule has 0 unspecified atom stereocenters. The normalized spacial score (nSPS) is 16.5. The first-order valence-electron chi connectivity index (χ1n) is 13.3. The molecule has 0 atom stereocenters. The van der Waals surface area contributed by atoms with Crippen molar-refractivity contribution in [3.8, 4) is 17.1 Å². The van der Waals surface area contributed by atoms with Crippen LogP contribution in [0.4, 0.5) is 0 Å². The Morgan fingerprint density at radius 3 is 2.31 bits per heavy atom. The molecule has 9 heteroatoms. The van der Waals surface area contributed by atoms with E-state index in [2.05, 4.69) is 15.0 Å². The molecule has 0 saturated carbocycles. The lowest BCUT2D eigenvalue weighted by atomic mass is 9.77. The van der Waals surface area contributed by atoms with Crippen LogP contribution in [0.2, 0.25) is 0 Å². The standard InChI is InChI=1S/C30H30N6O2S/c37-27(21-39-29-32-15-10-25(33-29)24-8-3-4-14-31-24)36-20-13-30(22-36)11-18-35(19-12-30)28(38)23-7-1-2-9-26(23)34-16-5-6-17-34/h1-10,14-17H,11-13,18-22H2. The maximum absolute atomic E-state index is 13.5. The molecule has 6 rings (SSSR count). The fourth-order valence-corrected chi connectivity index (χ4v) is 6.30. The molecular weight excluding hydrogens is 508 g/mol. The van der Waals surface area contributed by atoms with Crippen molar-refractivity contribution in [2.75, 3.05) is 31.9 Å². The lowest BCUT2D eigenvalue weighted by Crippen LogP contribution is -2.45. The molecule has 198 valence electrons. The number of pyridine rings is 1. The van der Waals surface area contributed by atoms with Crippen LogP contribution in [0.5, 0.6) is 0 Å². The smallest absolute Gasteiger partial charge is 0.255 e. The number of thioether (sulfide) groups is 1. The minimum Gasteiger partial charge on any atom is -0.341 e. The summed E-state index contributed by atoms with van der Waals surface area (Å²) in [7, 11) is 0. The number of carbonyl (C=O) groups is 2. The third-order valence-electron chi connectivity index (χ3n) is 7.80. The Hall–Kier alpha value is -3.98. The Kier molecular flexibility index (Phi) is 7.15. The van der Waals surface area contributed by atoms with Crippen LogP contribution in [-0.4, -0.2) is 73.1 Å². The molecule has 5 heterocycles. The van der Waals surface area contributed by atoms with Gasteiger partial charge in [-0.15, -0.1) is 0 Å². The maximum atomic E-state index is 13.5. The maximum Gasteiger partial charge on any atom is 0.255 e. The number of aromatic nitrogens is 4. The van der Waals surface area contributed by atoms with Crippen molar-refractivity contribution in [1.82, 2.24) is 29.3 Å². The highest BCUT2D eigenvalue weighted by Crippen LogP contribution is 2.41. The summed E-state index contributed by atoms with van der Waals surface area (Å²) >= 11 is 1.37. The molecule has 0 radical (unpaired) electrons. The van der Waals surface area contributed by atoms with Crippen molar-refractivity contribution < 1.29 is 9.59 Å². The first kappa shape index (κ1) is 25.3. The lowest BCUT2D eigenvalue weighted by Gasteiger charge is -2.39. The van der Waals surface area contributed by atoms with Crippen LogP contribution in [0.1, 0.15) is 29.6 Å². The number of benzene rings is 1. The molecular formula is C30H30N6O2S. The quantitative estimate of drug-likeness (QED) is 0.264. The summed E-state index contributed by atoms with van der Waals surface area (Å²) in [6, 6.07) is 19.2. The molecule has 2 aliphatic rings. The second kappa shape index (κ2) is 11.0. The van der Waals surface area contributed by atoms with Gasteiger partial charge in [-0.05, 0) is 67.1 Å². The van der Waals surface area contributed by atoms with Gasteiger partial charge >= 0.3 is 0 Å². The number of carbonyl (C=O) groups excluding carboxylic acids is 2. The molecule has 39 heavy (non-hydrogen) atoms. The van der Waals surface area contributed by atoms with Crippen LogP contribution in [0.25, 0.3) is 17.1 Å². The number of para-hydroxylation sites is 1. The second-order valence-corrected chi connectivity index (χ2v) is 11.1. The minimum atomic E-state index is 0.0735. The zero-order chi connectivity index (χ0) is 26.7. The van der Waals surface area contributed by atoms with Crippen molar-refractivity contribution in [3.05, 3.63) is 91.0 Å². The van der Waals surface area contributed by atoms with Crippen LogP contribution in [0, 0.1) is 5.41 Å². The van der Waals surface area contributed by atoms with Gasteiger partial charge in [0.2, 0.25) is 5.91 Å². The highest BCUT2D eigenvalue weighted by Gasteiger charge is 2.42. The number of piperidine rings is 1. The number of likely N-dealkylation sites (tertiary alicyclic amines) is 2. The van der Waals surface area contributed by atoms with E-state index in [4.69, 9.17) is 0 Å². The van der Waals surface area contributed by atoms with E-state index in [1.807, 2.05) is 87.4 Å². The Morgan fingerprint density at radius 2 is 1.54 bits per heavy atom. The van der Waals surface area contributed by atoms with Gasteiger partial charge in [0.25, 0.3) is 5.91 Å². The van der Waals surface area contributed by atoms with Gasteiger partial charge in [-0.2, -0.15) is 0 Å². The first-order chi connectivity index (χ1) is 19.1. The largest absolute Gasteiger partial charge is 0.341 e. The fraction of sp³-hybridized carbons (Fsp3) is 0.300. The van der Waals surface area contributed by atoms with Gasteiger partial charge in [0, 0.05) is 51.0 Å². The molecule has 4 aromatic rings. The van der Waals surface area contributed by atoms with Crippen molar-refractivity contribution >= 4 is 23.6 Å². The summed E-state index contributed by atoms with van der Waals surface area (Å²) in [4.78, 5) is 43.7. The molecule has 0 N–H and O–H groups in total. The topological polar surface area (TPSA) is 84.2 Å². The summed E-state index contributed by atoms with van der Waals surface area (Å²) < 4.78 is 1.98. The van der Waals surface area contributed by atoms with Crippen molar-refractivity contribution in [3.63, 3.8) is 0 Å². The van der Waals surface area contributed by atoms with Crippen LogP contribution in [0.15, 0.2) is 90.6 Å². The highest BCUT2D eigenvalue weighted by molar-refractivity contribution is 7.99. The summed E-state index contributed by atoms with van der Waals surface area (Å²) in [5.74, 6) is 0.495. The Morgan fingerprint density at radius 1 is 0.795 bits per heavy atom. The zero-order valence-electron chi connectivity index (χ0n) is 21.6. The van der Waals surface area contributed by atoms with Gasteiger partial charge in [-0.3, -0.25) is 14.6 Å². The number of hydrogen-bond acceptors (Lipinski definition) is 6. The highest BCUT2D eigenvalue weighted by atomic mass is 32.2. The summed E-state index contributed by atoms with van der Waals surface area (Å²) in [5.41, 5.74) is 3.24. The molecule has 3 aromatic heterocycles. The van der Waals surface area contributed by atoms with Gasteiger partial charge in [0.15, 0.2) is 5.16 Å². The van der Waals surface area contributed by atoms with E-state index in [0.717, 1.165) is 55.0 Å². The second-order valence-electron chi connectivity index (χ2n) is 10.2. The Labute approximate surface area is 232 Å². The van der Waals surface area contributed by atoms with Gasteiger partial charge in [0.05, 0.1) is 28.4 Å². The van der Waals surface area contributed by atoms with Crippen LogP contribution >= 0.6 is 11.8 Å². The SMILES string of the molecule is O=C(CSc1nccc(-c2ccccn2)n1)N1CCC2(CCN(C(=O)c3ccccc3-n3cccc3)CC2)C1. The van der Waals surface area contributed by atoms with E-state index in [9.17, 15) is 9.59 Å². The summed E-state index contributed by atoms with van der Waals surface area (Å²) in [6.07, 6.45) is 10.2. The third-order valence-corrected chi connectivity index (χ3v) is 8.65. The van der Waals surface area contributed by atoms with Crippen molar-refractivity contribution in [1.29, 1.82) is 0 Å². The number of nitrogens with zero attached hydrogens (tertiary/aromatic N) is 6. The van der Waals surface area contributed by atoms with Crippen molar-refractivity contribution in [2.24, 2.45) is 5.41 Å². The lowest BCUT2D eigenvalue weighted by molar-refractivity contribution is -0.127. The monoisotopic (exact) mass is 538 g/mol. The van der Waals surface area contributed by atoms with Crippen LogP contribution in [0.3, 0.4) is 0 Å². The van der Waals surface area contributed by atoms with Gasteiger partial charge in [-0.1, -0.05) is 30.0 Å². The molecule has 0 bridgehead atoms. The summed E-state index contributed by atoms with van der Waals surface area (Å²) in [6.45, 7) is 2.94. The molecule has 2 aliphatic heterocycles. The fourth-order valence-electron chi connectivity index (χ4n) is 5.57. The van der Waals surface area contributed by atoms with Gasteiger partial charge in [-0.25, -0.2) is 9.97 Å². The average molecular weight is 539 g/mol. The van der Waals surface area contributed by atoms with Gasteiger partial charge in [0.1, 0.15) is 0 Å². The molecule has 2 saturated heterocycles. The third kappa shape index (κ3) is 5.45. The number of rotatable bonds is 6. The Balaban J connectivity index is 1.03. The van der Waals surface area contributed by atoms with Gasteiger partial charge < -0.3 is 14.4 Å².